The Bertz CT molecular complexity index is 918. The number of hydrogen-bond acceptors (Lipinski definition) is 3. The summed E-state index contributed by atoms with van der Waals surface area (Å²) in [6.07, 6.45) is 1.55. The fraction of sp³-hybridized carbons (Fsp3) is 0.238. The number of carbonyl (C=O) groups is 1. The highest BCUT2D eigenvalue weighted by Crippen LogP contribution is 2.18. The van der Waals surface area contributed by atoms with Crippen LogP contribution in [0.5, 0.6) is 0 Å². The van der Waals surface area contributed by atoms with Gasteiger partial charge in [-0.15, -0.1) is 0 Å². The minimum absolute atomic E-state index is 0.0273. The largest absolute Gasteiger partial charge is 0.336 e. The molecule has 1 amide bonds. The summed E-state index contributed by atoms with van der Waals surface area (Å²) in [4.78, 5) is 20.8. The highest BCUT2D eigenvalue weighted by molar-refractivity contribution is 6.29. The molecular formula is C21H20ClN3O. The Morgan fingerprint density at radius 1 is 0.962 bits per heavy atom. The fourth-order valence-electron chi connectivity index (χ4n) is 3.39. The molecule has 0 atom stereocenters. The van der Waals surface area contributed by atoms with Crippen molar-refractivity contribution in [2.24, 2.45) is 0 Å². The van der Waals surface area contributed by atoms with Crippen molar-refractivity contribution in [1.29, 1.82) is 0 Å². The molecule has 5 heteroatoms. The molecule has 1 fully saturated rings. The summed E-state index contributed by atoms with van der Waals surface area (Å²) < 4.78 is 0. The highest BCUT2D eigenvalue weighted by Gasteiger charge is 2.22. The Morgan fingerprint density at radius 2 is 1.73 bits per heavy atom. The SMILES string of the molecule is O=C(c1ccc(Cl)nc1)N1CCN(Cc2ccc3ccccc3c2)CC1. The van der Waals surface area contributed by atoms with Gasteiger partial charge in [-0.05, 0) is 34.5 Å². The summed E-state index contributed by atoms with van der Waals surface area (Å²) in [5.74, 6) is 0.0273. The van der Waals surface area contributed by atoms with Crippen molar-refractivity contribution in [3.8, 4) is 0 Å². The Balaban J connectivity index is 1.37. The first kappa shape index (κ1) is 17.0. The Hall–Kier alpha value is -2.43. The number of aromatic nitrogens is 1. The molecule has 3 aromatic rings. The molecule has 1 aliphatic rings. The van der Waals surface area contributed by atoms with Crippen LogP contribution in [-0.4, -0.2) is 46.9 Å². The maximum atomic E-state index is 12.5. The van der Waals surface area contributed by atoms with Crippen LogP contribution in [0.3, 0.4) is 0 Å². The van der Waals surface area contributed by atoms with Gasteiger partial charge in [0.05, 0.1) is 5.56 Å². The average Bonchev–Trinajstić information content (AvgIpc) is 2.68. The van der Waals surface area contributed by atoms with Gasteiger partial charge in [0.25, 0.3) is 5.91 Å². The standard InChI is InChI=1S/C21H20ClN3O/c22-20-8-7-19(14-23-20)21(26)25-11-9-24(10-12-25)15-16-5-6-17-3-1-2-4-18(17)13-16/h1-8,13-14H,9-12,15H2. The maximum Gasteiger partial charge on any atom is 0.255 e. The number of carbonyl (C=O) groups excluding carboxylic acids is 1. The zero-order valence-electron chi connectivity index (χ0n) is 14.4. The second kappa shape index (κ2) is 7.44. The van der Waals surface area contributed by atoms with Crippen LogP contribution in [0.4, 0.5) is 0 Å². The molecule has 2 heterocycles. The smallest absolute Gasteiger partial charge is 0.255 e. The van der Waals surface area contributed by atoms with E-state index in [0.29, 0.717) is 10.7 Å². The molecule has 132 valence electrons. The first-order chi connectivity index (χ1) is 12.7. The van der Waals surface area contributed by atoms with Gasteiger partial charge in [-0.2, -0.15) is 0 Å². The van der Waals surface area contributed by atoms with Crippen LogP contribution >= 0.6 is 11.6 Å². The second-order valence-corrected chi connectivity index (χ2v) is 7.01. The van der Waals surface area contributed by atoms with Gasteiger partial charge < -0.3 is 4.90 Å². The van der Waals surface area contributed by atoms with Crippen LogP contribution in [0.15, 0.2) is 60.8 Å². The molecule has 0 aliphatic carbocycles. The van der Waals surface area contributed by atoms with E-state index in [9.17, 15) is 4.79 Å². The van der Waals surface area contributed by atoms with Gasteiger partial charge in [0, 0.05) is 38.9 Å². The average molecular weight is 366 g/mol. The van der Waals surface area contributed by atoms with Crippen molar-refractivity contribution in [2.75, 3.05) is 26.2 Å². The highest BCUT2D eigenvalue weighted by atomic mass is 35.5. The van der Waals surface area contributed by atoms with Gasteiger partial charge in [-0.3, -0.25) is 9.69 Å². The molecule has 0 unspecified atom stereocenters. The molecule has 4 nitrogen and oxygen atoms in total. The summed E-state index contributed by atoms with van der Waals surface area (Å²) in [7, 11) is 0. The Labute approximate surface area is 158 Å². The van der Waals surface area contributed by atoms with E-state index in [4.69, 9.17) is 11.6 Å². The molecule has 1 saturated heterocycles. The predicted octanol–water partition coefficient (Wildman–Crippen LogP) is 3.85. The summed E-state index contributed by atoms with van der Waals surface area (Å²) >= 11 is 5.79. The number of amides is 1. The van der Waals surface area contributed by atoms with Crippen LogP contribution in [-0.2, 0) is 6.54 Å². The van der Waals surface area contributed by atoms with E-state index in [-0.39, 0.29) is 5.91 Å². The van der Waals surface area contributed by atoms with E-state index in [1.165, 1.54) is 16.3 Å². The van der Waals surface area contributed by atoms with Crippen LogP contribution in [0.1, 0.15) is 15.9 Å². The van der Waals surface area contributed by atoms with Crippen molar-refractivity contribution < 1.29 is 4.79 Å². The van der Waals surface area contributed by atoms with E-state index in [0.717, 1.165) is 32.7 Å². The van der Waals surface area contributed by atoms with Crippen molar-refractivity contribution in [3.05, 3.63) is 77.1 Å². The van der Waals surface area contributed by atoms with E-state index in [2.05, 4.69) is 52.3 Å². The molecule has 1 aliphatic heterocycles. The fourth-order valence-corrected chi connectivity index (χ4v) is 3.50. The third-order valence-corrected chi connectivity index (χ3v) is 5.08. The molecule has 2 aromatic carbocycles. The molecule has 26 heavy (non-hydrogen) atoms. The number of nitrogens with zero attached hydrogens (tertiary/aromatic N) is 3. The molecule has 4 rings (SSSR count). The van der Waals surface area contributed by atoms with Gasteiger partial charge in [0.15, 0.2) is 0 Å². The van der Waals surface area contributed by atoms with E-state index < -0.39 is 0 Å². The lowest BCUT2D eigenvalue weighted by atomic mass is 10.1. The normalized spacial score (nSPS) is 15.3. The lowest BCUT2D eigenvalue weighted by Crippen LogP contribution is -2.48. The summed E-state index contributed by atoms with van der Waals surface area (Å²) in [5, 5.41) is 2.94. The zero-order chi connectivity index (χ0) is 17.9. The number of benzene rings is 2. The third kappa shape index (κ3) is 3.71. The number of pyridine rings is 1. The van der Waals surface area contributed by atoms with Crippen LogP contribution in [0.25, 0.3) is 10.8 Å². The first-order valence-corrected chi connectivity index (χ1v) is 9.18. The Kier molecular flexibility index (Phi) is 4.87. The van der Waals surface area contributed by atoms with E-state index in [1.54, 1.807) is 18.3 Å². The number of halogens is 1. The van der Waals surface area contributed by atoms with Crippen LogP contribution < -0.4 is 0 Å². The quantitative estimate of drug-likeness (QED) is 0.661. The zero-order valence-corrected chi connectivity index (χ0v) is 15.2. The van der Waals surface area contributed by atoms with Crippen LogP contribution in [0.2, 0.25) is 5.15 Å². The van der Waals surface area contributed by atoms with Gasteiger partial charge in [-0.1, -0.05) is 48.0 Å². The van der Waals surface area contributed by atoms with Gasteiger partial charge >= 0.3 is 0 Å². The summed E-state index contributed by atoms with van der Waals surface area (Å²) in [6.45, 7) is 4.12. The molecule has 0 radical (unpaired) electrons. The summed E-state index contributed by atoms with van der Waals surface area (Å²) in [5.41, 5.74) is 1.91. The lowest BCUT2D eigenvalue weighted by Gasteiger charge is -2.34. The minimum Gasteiger partial charge on any atom is -0.336 e. The minimum atomic E-state index is 0.0273. The number of hydrogen-bond donors (Lipinski definition) is 0. The van der Waals surface area contributed by atoms with E-state index >= 15 is 0 Å². The second-order valence-electron chi connectivity index (χ2n) is 6.62. The van der Waals surface area contributed by atoms with Gasteiger partial charge in [0.1, 0.15) is 5.15 Å². The first-order valence-electron chi connectivity index (χ1n) is 8.80. The lowest BCUT2D eigenvalue weighted by molar-refractivity contribution is 0.0628. The van der Waals surface area contributed by atoms with Gasteiger partial charge in [-0.25, -0.2) is 4.98 Å². The van der Waals surface area contributed by atoms with Crippen LogP contribution in [0, 0.1) is 0 Å². The molecule has 0 N–H and O–H groups in total. The molecule has 0 spiro atoms. The monoisotopic (exact) mass is 365 g/mol. The van der Waals surface area contributed by atoms with Crippen molar-refractivity contribution >= 4 is 28.3 Å². The van der Waals surface area contributed by atoms with Crippen molar-refractivity contribution in [3.63, 3.8) is 0 Å². The van der Waals surface area contributed by atoms with Gasteiger partial charge in [0.2, 0.25) is 0 Å². The molecule has 0 bridgehead atoms. The third-order valence-electron chi connectivity index (χ3n) is 4.85. The molecule has 0 saturated carbocycles. The molecule has 1 aromatic heterocycles. The molecular weight excluding hydrogens is 346 g/mol. The Morgan fingerprint density at radius 3 is 2.46 bits per heavy atom. The maximum absolute atomic E-state index is 12.5. The van der Waals surface area contributed by atoms with Crippen molar-refractivity contribution in [1.82, 2.24) is 14.8 Å². The number of fused-ring (bicyclic) bond motifs is 1. The predicted molar refractivity (Wildman–Crippen MR) is 104 cm³/mol. The number of piperazine rings is 1. The topological polar surface area (TPSA) is 36.4 Å². The van der Waals surface area contributed by atoms with E-state index in [1.807, 2.05) is 4.90 Å². The van der Waals surface area contributed by atoms with Crippen molar-refractivity contribution in [2.45, 2.75) is 6.54 Å². The summed E-state index contributed by atoms with van der Waals surface area (Å²) in [6, 6.07) is 18.4. The number of rotatable bonds is 3.